The number of benzene rings is 1. The van der Waals surface area contributed by atoms with E-state index in [0.29, 0.717) is 24.2 Å². The summed E-state index contributed by atoms with van der Waals surface area (Å²) in [6.07, 6.45) is 3.33. The Hall–Kier alpha value is -1.86. The normalized spacial score (nSPS) is 19.3. The first-order valence-electron chi connectivity index (χ1n) is 6.93. The number of para-hydroxylation sites is 1. The van der Waals surface area contributed by atoms with Gasteiger partial charge in [-0.2, -0.15) is 5.26 Å². The molecule has 1 aromatic rings. The molecule has 0 aliphatic carbocycles. The first kappa shape index (κ1) is 14.5. The van der Waals surface area contributed by atoms with Crippen LogP contribution < -0.4 is 4.74 Å². The Bertz CT molecular complexity index is 501. The van der Waals surface area contributed by atoms with Gasteiger partial charge in [0.25, 0.3) is 0 Å². The van der Waals surface area contributed by atoms with E-state index in [1.807, 2.05) is 12.1 Å². The van der Waals surface area contributed by atoms with Gasteiger partial charge in [0.2, 0.25) is 0 Å². The molecule has 0 saturated carbocycles. The Morgan fingerprint density at radius 3 is 3.00 bits per heavy atom. The number of ketones is 1. The molecule has 1 saturated heterocycles. The maximum Gasteiger partial charge on any atom is 0.154 e. The van der Waals surface area contributed by atoms with Gasteiger partial charge in [-0.1, -0.05) is 18.2 Å². The number of carbonyl (C=O) groups is 1. The summed E-state index contributed by atoms with van der Waals surface area (Å²) < 4.78 is 10.7. The van der Waals surface area contributed by atoms with Gasteiger partial charge in [-0.05, 0) is 25.3 Å². The molecule has 4 nitrogen and oxygen atoms in total. The maximum absolute atomic E-state index is 12.3. The van der Waals surface area contributed by atoms with Crippen molar-refractivity contribution < 1.29 is 14.3 Å². The van der Waals surface area contributed by atoms with Gasteiger partial charge in [-0.15, -0.1) is 0 Å². The molecule has 1 fully saturated rings. The predicted molar refractivity (Wildman–Crippen MR) is 74.6 cm³/mol. The molecule has 4 heteroatoms. The Morgan fingerprint density at radius 1 is 1.55 bits per heavy atom. The molecule has 1 heterocycles. The molecule has 0 aromatic heterocycles. The zero-order chi connectivity index (χ0) is 14.4. The van der Waals surface area contributed by atoms with E-state index in [1.165, 1.54) is 0 Å². The van der Waals surface area contributed by atoms with Gasteiger partial charge in [0.05, 0.1) is 19.3 Å². The van der Waals surface area contributed by atoms with Crippen LogP contribution in [0.1, 0.15) is 37.2 Å². The molecule has 2 rings (SSSR count). The second-order valence-corrected chi connectivity index (χ2v) is 4.94. The Kier molecular flexibility index (Phi) is 5.14. The molecule has 0 N–H and O–H groups in total. The van der Waals surface area contributed by atoms with Crippen molar-refractivity contribution >= 4 is 5.78 Å². The second kappa shape index (κ2) is 7.06. The van der Waals surface area contributed by atoms with Crippen LogP contribution in [0.3, 0.4) is 0 Å². The standard InChI is InChI=1S/C16H19NO3/c1-19-16-7-3-2-6-13(16)14(11-17)15(18)9-8-12-5-4-10-20-12/h2-3,6-7,12,14H,4-5,8-10H2,1H3. The van der Waals surface area contributed by atoms with Crippen LogP contribution in [0.5, 0.6) is 5.75 Å². The highest BCUT2D eigenvalue weighted by Crippen LogP contribution is 2.28. The van der Waals surface area contributed by atoms with Crippen LogP contribution >= 0.6 is 0 Å². The zero-order valence-electron chi connectivity index (χ0n) is 11.7. The van der Waals surface area contributed by atoms with Crippen molar-refractivity contribution in [3.8, 4) is 11.8 Å². The third-order valence-corrected chi connectivity index (χ3v) is 3.64. The van der Waals surface area contributed by atoms with E-state index >= 15 is 0 Å². The minimum atomic E-state index is -0.757. The van der Waals surface area contributed by atoms with Crippen LogP contribution in [0.25, 0.3) is 0 Å². The molecule has 0 amide bonds. The van der Waals surface area contributed by atoms with Gasteiger partial charge in [0.1, 0.15) is 11.7 Å². The molecule has 20 heavy (non-hydrogen) atoms. The lowest BCUT2D eigenvalue weighted by Crippen LogP contribution is -2.15. The van der Waals surface area contributed by atoms with Gasteiger partial charge in [0.15, 0.2) is 5.78 Å². The number of nitriles is 1. The van der Waals surface area contributed by atoms with Crippen LogP contribution in [-0.4, -0.2) is 25.6 Å². The molecule has 0 spiro atoms. The fourth-order valence-electron chi connectivity index (χ4n) is 2.54. The summed E-state index contributed by atoms with van der Waals surface area (Å²) in [5.41, 5.74) is 0.648. The summed E-state index contributed by atoms with van der Waals surface area (Å²) in [5.74, 6) is -0.232. The Balaban J connectivity index is 2.03. The first-order valence-corrected chi connectivity index (χ1v) is 6.93. The third kappa shape index (κ3) is 3.37. The van der Waals surface area contributed by atoms with Crippen LogP contribution in [0.4, 0.5) is 0 Å². The first-order chi connectivity index (χ1) is 9.76. The molecular formula is C16H19NO3. The van der Waals surface area contributed by atoms with Gasteiger partial charge < -0.3 is 9.47 Å². The molecule has 2 unspecified atom stereocenters. The van der Waals surface area contributed by atoms with Gasteiger partial charge in [-0.25, -0.2) is 0 Å². The van der Waals surface area contributed by atoms with Crippen molar-refractivity contribution in [2.24, 2.45) is 0 Å². The third-order valence-electron chi connectivity index (χ3n) is 3.64. The summed E-state index contributed by atoms with van der Waals surface area (Å²) in [4.78, 5) is 12.3. The molecular weight excluding hydrogens is 254 g/mol. The largest absolute Gasteiger partial charge is 0.496 e. The Morgan fingerprint density at radius 2 is 2.35 bits per heavy atom. The highest BCUT2D eigenvalue weighted by molar-refractivity contribution is 5.89. The average Bonchev–Trinajstić information content (AvgIpc) is 3.00. The topological polar surface area (TPSA) is 59.3 Å². The minimum Gasteiger partial charge on any atom is -0.496 e. The zero-order valence-corrected chi connectivity index (χ0v) is 11.7. The second-order valence-electron chi connectivity index (χ2n) is 4.94. The van der Waals surface area contributed by atoms with Crippen LogP contribution in [-0.2, 0) is 9.53 Å². The Labute approximate surface area is 119 Å². The van der Waals surface area contributed by atoms with E-state index < -0.39 is 5.92 Å². The fourth-order valence-corrected chi connectivity index (χ4v) is 2.54. The van der Waals surface area contributed by atoms with Crippen molar-refractivity contribution in [2.45, 2.75) is 37.7 Å². The van der Waals surface area contributed by atoms with E-state index in [4.69, 9.17) is 9.47 Å². The van der Waals surface area contributed by atoms with E-state index in [1.54, 1.807) is 19.2 Å². The van der Waals surface area contributed by atoms with Crippen LogP contribution in [0, 0.1) is 11.3 Å². The summed E-state index contributed by atoms with van der Waals surface area (Å²) >= 11 is 0. The van der Waals surface area contributed by atoms with Crippen molar-refractivity contribution in [2.75, 3.05) is 13.7 Å². The van der Waals surface area contributed by atoms with Gasteiger partial charge in [-0.3, -0.25) is 4.79 Å². The quantitative estimate of drug-likeness (QED) is 0.799. The van der Waals surface area contributed by atoms with E-state index in [-0.39, 0.29) is 11.9 Å². The van der Waals surface area contributed by atoms with E-state index in [9.17, 15) is 10.1 Å². The average molecular weight is 273 g/mol. The fraction of sp³-hybridized carbons (Fsp3) is 0.500. The number of nitrogens with zero attached hydrogens (tertiary/aromatic N) is 1. The maximum atomic E-state index is 12.3. The predicted octanol–water partition coefficient (Wildman–Crippen LogP) is 2.83. The molecule has 1 aliphatic heterocycles. The molecule has 1 aliphatic rings. The van der Waals surface area contributed by atoms with Crippen molar-refractivity contribution in [3.05, 3.63) is 29.8 Å². The lowest BCUT2D eigenvalue weighted by atomic mass is 9.92. The molecule has 0 bridgehead atoms. The summed E-state index contributed by atoms with van der Waals surface area (Å²) in [6, 6.07) is 9.29. The van der Waals surface area contributed by atoms with E-state index in [0.717, 1.165) is 19.4 Å². The van der Waals surface area contributed by atoms with Crippen molar-refractivity contribution in [1.29, 1.82) is 5.26 Å². The number of hydrogen-bond acceptors (Lipinski definition) is 4. The summed E-state index contributed by atoms with van der Waals surface area (Å²) in [5, 5.41) is 9.30. The SMILES string of the molecule is COc1ccccc1C(C#N)C(=O)CCC1CCCO1. The molecule has 0 radical (unpaired) electrons. The molecule has 1 aromatic carbocycles. The monoisotopic (exact) mass is 273 g/mol. The lowest BCUT2D eigenvalue weighted by Gasteiger charge is -2.14. The van der Waals surface area contributed by atoms with E-state index in [2.05, 4.69) is 6.07 Å². The number of methoxy groups -OCH3 is 1. The number of ether oxygens (including phenoxy) is 2. The molecule has 2 atom stereocenters. The number of carbonyl (C=O) groups excluding carboxylic acids is 1. The van der Waals surface area contributed by atoms with Crippen molar-refractivity contribution in [1.82, 2.24) is 0 Å². The van der Waals surface area contributed by atoms with Gasteiger partial charge in [0, 0.05) is 18.6 Å². The highest BCUT2D eigenvalue weighted by Gasteiger charge is 2.25. The number of Topliss-reactive ketones (excluding diaryl/α,β-unsaturated/α-hetero) is 1. The van der Waals surface area contributed by atoms with Crippen LogP contribution in [0.2, 0.25) is 0 Å². The lowest BCUT2D eigenvalue weighted by molar-refractivity contribution is -0.120. The molecule has 106 valence electrons. The summed E-state index contributed by atoms with van der Waals surface area (Å²) in [6.45, 7) is 0.785. The number of hydrogen-bond donors (Lipinski definition) is 0. The summed E-state index contributed by atoms with van der Waals surface area (Å²) in [7, 11) is 1.55. The van der Waals surface area contributed by atoms with Crippen molar-refractivity contribution in [3.63, 3.8) is 0 Å². The van der Waals surface area contributed by atoms with Crippen LogP contribution in [0.15, 0.2) is 24.3 Å². The van der Waals surface area contributed by atoms with Gasteiger partial charge >= 0.3 is 0 Å². The smallest absolute Gasteiger partial charge is 0.154 e. The minimum absolute atomic E-state index is 0.0625. The highest BCUT2D eigenvalue weighted by atomic mass is 16.5. The number of rotatable bonds is 6.